The molecule has 1 N–H and O–H groups in total. The van der Waals surface area contributed by atoms with Gasteiger partial charge in [-0.15, -0.1) is 0 Å². The molecule has 20 heavy (non-hydrogen) atoms. The minimum absolute atomic E-state index is 0.458. The molecule has 6 heteroatoms. The van der Waals surface area contributed by atoms with Crippen LogP contribution in [0.3, 0.4) is 0 Å². The van der Waals surface area contributed by atoms with Gasteiger partial charge in [-0.2, -0.15) is 0 Å². The average Bonchev–Trinajstić information content (AvgIpc) is 2.42. The van der Waals surface area contributed by atoms with Crippen LogP contribution in [0.5, 0.6) is 0 Å². The average molecular weight is 340 g/mol. The Kier molecular flexibility index (Phi) is 4.77. The Labute approximate surface area is 127 Å². The molecule has 108 valence electrons. The maximum Gasteiger partial charge on any atom is 0.313 e. The Morgan fingerprint density at radius 3 is 2.45 bits per heavy atom. The van der Waals surface area contributed by atoms with Gasteiger partial charge in [0.1, 0.15) is 0 Å². The lowest BCUT2D eigenvalue weighted by atomic mass is 10.2. The molecule has 1 aliphatic rings. The van der Waals surface area contributed by atoms with Gasteiger partial charge in [-0.25, -0.2) is 0 Å². The molecule has 0 spiro atoms. The number of rotatable bonds is 1. The zero-order valence-corrected chi connectivity index (χ0v) is 13.2. The number of amides is 2. The second kappa shape index (κ2) is 6.37. The molecule has 0 aliphatic carbocycles. The maximum absolute atomic E-state index is 12.1. The van der Waals surface area contributed by atoms with E-state index in [1.807, 2.05) is 26.1 Å². The molecule has 2 amide bonds. The molecule has 1 aliphatic heterocycles. The number of likely N-dealkylation sites (N-methyl/N-ethyl adjacent to an activating group) is 1. The first-order chi connectivity index (χ1) is 9.47. The molecule has 0 saturated carbocycles. The monoisotopic (exact) mass is 339 g/mol. The first-order valence-corrected chi connectivity index (χ1v) is 7.31. The van der Waals surface area contributed by atoms with Crippen molar-refractivity contribution in [3.05, 3.63) is 28.2 Å². The van der Waals surface area contributed by atoms with Gasteiger partial charge >= 0.3 is 11.8 Å². The van der Waals surface area contributed by atoms with Crippen LogP contribution in [0.2, 0.25) is 0 Å². The lowest BCUT2D eigenvalue weighted by Crippen LogP contribution is -2.50. The second-order valence-corrected chi connectivity index (χ2v) is 5.92. The lowest BCUT2D eigenvalue weighted by molar-refractivity contribution is -0.144. The van der Waals surface area contributed by atoms with Crippen molar-refractivity contribution in [3.63, 3.8) is 0 Å². The Bertz CT molecular complexity index is 525. The van der Waals surface area contributed by atoms with Gasteiger partial charge < -0.3 is 15.1 Å². The number of nitrogens with one attached hydrogen (secondary N) is 1. The van der Waals surface area contributed by atoms with Crippen LogP contribution >= 0.6 is 15.9 Å². The van der Waals surface area contributed by atoms with Crippen molar-refractivity contribution in [1.29, 1.82) is 0 Å². The Morgan fingerprint density at radius 1 is 1.20 bits per heavy atom. The van der Waals surface area contributed by atoms with Gasteiger partial charge in [0.15, 0.2) is 0 Å². The third kappa shape index (κ3) is 3.58. The topological polar surface area (TPSA) is 52.7 Å². The molecule has 1 fully saturated rings. The van der Waals surface area contributed by atoms with E-state index in [0.29, 0.717) is 18.8 Å². The molecule has 2 rings (SSSR count). The van der Waals surface area contributed by atoms with Crippen LogP contribution in [-0.4, -0.2) is 54.8 Å². The zero-order valence-electron chi connectivity index (χ0n) is 11.6. The first kappa shape index (κ1) is 15.0. The van der Waals surface area contributed by atoms with Gasteiger partial charge in [0.2, 0.25) is 0 Å². The van der Waals surface area contributed by atoms with E-state index in [1.54, 1.807) is 11.0 Å². The van der Waals surface area contributed by atoms with Crippen LogP contribution in [0.15, 0.2) is 22.7 Å². The van der Waals surface area contributed by atoms with E-state index in [-0.39, 0.29) is 0 Å². The number of hydrogen-bond acceptors (Lipinski definition) is 3. The van der Waals surface area contributed by atoms with Gasteiger partial charge in [-0.1, -0.05) is 15.9 Å². The molecule has 0 radical (unpaired) electrons. The molecule has 1 heterocycles. The highest BCUT2D eigenvalue weighted by atomic mass is 79.9. The summed E-state index contributed by atoms with van der Waals surface area (Å²) in [5.74, 6) is -1.03. The molecule has 0 aromatic heterocycles. The number of hydrogen-bond donors (Lipinski definition) is 1. The largest absolute Gasteiger partial charge is 0.332 e. The third-order valence-electron chi connectivity index (χ3n) is 3.42. The van der Waals surface area contributed by atoms with E-state index in [9.17, 15) is 9.59 Å². The van der Waals surface area contributed by atoms with Gasteiger partial charge in [-0.05, 0) is 37.7 Å². The van der Waals surface area contributed by atoms with E-state index in [1.165, 1.54) is 0 Å². The summed E-state index contributed by atoms with van der Waals surface area (Å²) in [4.78, 5) is 27.8. The molecule has 5 nitrogen and oxygen atoms in total. The first-order valence-electron chi connectivity index (χ1n) is 6.52. The van der Waals surface area contributed by atoms with Crippen molar-refractivity contribution >= 4 is 33.4 Å². The van der Waals surface area contributed by atoms with Crippen molar-refractivity contribution in [2.75, 3.05) is 38.5 Å². The minimum Gasteiger partial charge on any atom is -0.332 e. The quantitative estimate of drug-likeness (QED) is 0.788. The van der Waals surface area contributed by atoms with E-state index >= 15 is 0 Å². The minimum atomic E-state index is -0.569. The number of carbonyl (C=O) groups is 2. The molecule has 0 bridgehead atoms. The lowest BCUT2D eigenvalue weighted by Gasteiger charge is -2.31. The summed E-state index contributed by atoms with van der Waals surface area (Å²) >= 11 is 3.37. The van der Waals surface area contributed by atoms with E-state index in [4.69, 9.17) is 0 Å². The Hall–Kier alpha value is -1.40. The fraction of sp³-hybridized carbons (Fsp3) is 0.429. The van der Waals surface area contributed by atoms with Gasteiger partial charge in [-0.3, -0.25) is 9.59 Å². The molecule has 0 atom stereocenters. The number of halogens is 1. The highest BCUT2D eigenvalue weighted by Crippen LogP contribution is 2.20. The standard InChI is InChI=1S/C14H18BrN3O2/c1-10-9-11(15)3-4-12(10)16-13(19)14(20)18-7-5-17(2)6-8-18/h3-4,9H,5-8H2,1-2H3,(H,16,19). The van der Waals surface area contributed by atoms with Crippen molar-refractivity contribution in [3.8, 4) is 0 Å². The van der Waals surface area contributed by atoms with Gasteiger partial charge in [0.05, 0.1) is 0 Å². The zero-order chi connectivity index (χ0) is 14.7. The number of benzene rings is 1. The molecule has 1 saturated heterocycles. The van der Waals surface area contributed by atoms with Crippen molar-refractivity contribution in [2.45, 2.75) is 6.92 Å². The number of anilines is 1. The summed E-state index contributed by atoms with van der Waals surface area (Å²) in [5, 5.41) is 2.68. The molecule has 1 aromatic carbocycles. The van der Waals surface area contributed by atoms with Gasteiger partial charge in [0, 0.05) is 36.3 Å². The summed E-state index contributed by atoms with van der Waals surface area (Å²) in [5.41, 5.74) is 1.58. The Morgan fingerprint density at radius 2 is 1.85 bits per heavy atom. The van der Waals surface area contributed by atoms with E-state index in [2.05, 4.69) is 26.1 Å². The predicted octanol–water partition coefficient (Wildman–Crippen LogP) is 1.47. The van der Waals surface area contributed by atoms with E-state index < -0.39 is 11.8 Å². The maximum atomic E-state index is 12.1. The third-order valence-corrected chi connectivity index (χ3v) is 3.91. The highest BCUT2D eigenvalue weighted by Gasteiger charge is 2.25. The number of nitrogens with zero attached hydrogens (tertiary/aromatic N) is 2. The summed E-state index contributed by atoms with van der Waals surface area (Å²) in [7, 11) is 2.01. The highest BCUT2D eigenvalue weighted by molar-refractivity contribution is 9.10. The molecule has 1 aromatic rings. The second-order valence-electron chi connectivity index (χ2n) is 5.01. The molecular formula is C14H18BrN3O2. The number of piperazine rings is 1. The van der Waals surface area contributed by atoms with E-state index in [0.717, 1.165) is 23.1 Å². The van der Waals surface area contributed by atoms with Crippen molar-refractivity contribution in [1.82, 2.24) is 9.80 Å². The summed E-state index contributed by atoms with van der Waals surface area (Å²) in [6.07, 6.45) is 0. The summed E-state index contributed by atoms with van der Waals surface area (Å²) < 4.78 is 0.943. The fourth-order valence-corrected chi connectivity index (χ4v) is 2.57. The fourth-order valence-electron chi connectivity index (χ4n) is 2.10. The Balaban J connectivity index is 1.99. The summed E-state index contributed by atoms with van der Waals surface area (Å²) in [6.45, 7) is 4.69. The molecular weight excluding hydrogens is 322 g/mol. The van der Waals surface area contributed by atoms with Crippen LogP contribution in [0.25, 0.3) is 0 Å². The van der Waals surface area contributed by atoms with Gasteiger partial charge in [0.25, 0.3) is 0 Å². The number of carbonyl (C=O) groups excluding carboxylic acids is 2. The van der Waals surface area contributed by atoms with Crippen LogP contribution in [0.1, 0.15) is 5.56 Å². The van der Waals surface area contributed by atoms with Crippen LogP contribution in [-0.2, 0) is 9.59 Å². The SMILES string of the molecule is Cc1cc(Br)ccc1NC(=O)C(=O)N1CCN(C)CC1. The smallest absolute Gasteiger partial charge is 0.313 e. The van der Waals surface area contributed by atoms with Crippen LogP contribution in [0.4, 0.5) is 5.69 Å². The predicted molar refractivity (Wildman–Crippen MR) is 81.6 cm³/mol. The summed E-state index contributed by atoms with van der Waals surface area (Å²) in [6, 6.07) is 5.52. The van der Waals surface area contributed by atoms with Crippen molar-refractivity contribution in [2.24, 2.45) is 0 Å². The molecule has 0 unspecified atom stereocenters. The van der Waals surface area contributed by atoms with Crippen molar-refractivity contribution < 1.29 is 9.59 Å². The van der Waals surface area contributed by atoms with Crippen LogP contribution < -0.4 is 5.32 Å². The normalized spacial score (nSPS) is 16.1. The number of aryl methyl sites for hydroxylation is 1. The van der Waals surface area contributed by atoms with Crippen LogP contribution in [0, 0.1) is 6.92 Å².